The number of halogens is 3. The monoisotopic (exact) mass is 288 g/mol. The minimum Gasteiger partial charge on any atom is -0.480 e. The number of carboxylic acids is 1. The van der Waals surface area contributed by atoms with Crippen LogP contribution in [-0.2, 0) is 4.79 Å². The molecule has 0 saturated carbocycles. The number of hydrogen-bond acceptors (Lipinski definition) is 4. The van der Waals surface area contributed by atoms with Gasteiger partial charge < -0.3 is 25.5 Å². The summed E-state index contributed by atoms with van der Waals surface area (Å²) in [6.07, 6.45) is -5.00. The number of urea groups is 1. The summed E-state index contributed by atoms with van der Waals surface area (Å²) in [6.45, 7) is -3.43. The van der Waals surface area contributed by atoms with Gasteiger partial charge in [-0.3, -0.25) is 0 Å². The third-order valence-corrected chi connectivity index (χ3v) is 2.04. The number of rotatable bonds is 7. The number of nitrogens with zero attached hydrogens (tertiary/aromatic N) is 1. The van der Waals surface area contributed by atoms with Gasteiger partial charge in [-0.05, 0) is 0 Å². The zero-order chi connectivity index (χ0) is 15.1. The maximum Gasteiger partial charge on any atom is 0.406 e. The molecule has 0 unspecified atom stereocenters. The van der Waals surface area contributed by atoms with Gasteiger partial charge in [0.1, 0.15) is 12.6 Å². The van der Waals surface area contributed by atoms with Crippen LogP contribution >= 0.6 is 0 Å². The van der Waals surface area contributed by atoms with Gasteiger partial charge in [0, 0.05) is 19.6 Å². The molecule has 1 atom stereocenters. The largest absolute Gasteiger partial charge is 0.480 e. The first-order chi connectivity index (χ1) is 8.71. The number of amides is 2. The lowest BCUT2D eigenvalue weighted by Crippen LogP contribution is -2.51. The quantitative estimate of drug-likeness (QED) is 0.499. The highest BCUT2D eigenvalue weighted by Gasteiger charge is 2.33. The van der Waals surface area contributed by atoms with Crippen LogP contribution in [0.4, 0.5) is 18.0 Å². The molecule has 4 N–H and O–H groups in total. The van der Waals surface area contributed by atoms with Crippen LogP contribution < -0.4 is 5.32 Å². The Labute approximate surface area is 106 Å². The smallest absolute Gasteiger partial charge is 0.406 e. The Morgan fingerprint density at radius 2 is 1.79 bits per heavy atom. The summed E-state index contributed by atoms with van der Waals surface area (Å²) in [4.78, 5) is 22.4. The number of alkyl halides is 3. The number of carboxylic acid groups (broad SMARTS) is 1. The molecule has 19 heavy (non-hydrogen) atoms. The molecule has 0 aromatic rings. The van der Waals surface area contributed by atoms with Crippen LogP contribution in [0.15, 0.2) is 0 Å². The molecule has 0 fully saturated rings. The minimum absolute atomic E-state index is 0.243. The van der Waals surface area contributed by atoms with E-state index in [2.05, 4.69) is 0 Å². The van der Waals surface area contributed by atoms with E-state index in [9.17, 15) is 22.8 Å². The number of carbonyl (C=O) groups excluding carboxylic acids is 1. The van der Waals surface area contributed by atoms with Crippen molar-refractivity contribution in [3.63, 3.8) is 0 Å². The molecule has 0 saturated heterocycles. The molecule has 0 aliphatic carbocycles. The summed E-state index contributed by atoms with van der Waals surface area (Å²) in [5.74, 6) is -1.47. The number of carbonyl (C=O) groups is 2. The van der Waals surface area contributed by atoms with E-state index in [1.165, 1.54) is 0 Å². The fourth-order valence-electron chi connectivity index (χ4n) is 1.22. The zero-order valence-electron chi connectivity index (χ0n) is 9.85. The summed E-state index contributed by atoms with van der Waals surface area (Å²) in [5.41, 5.74) is 0. The molecular formula is C9H15F3N2O5. The van der Waals surface area contributed by atoms with Gasteiger partial charge >= 0.3 is 18.2 Å². The average Bonchev–Trinajstić information content (AvgIpc) is 2.25. The van der Waals surface area contributed by atoms with Crippen molar-refractivity contribution in [3.8, 4) is 0 Å². The summed E-state index contributed by atoms with van der Waals surface area (Å²) < 4.78 is 36.5. The van der Waals surface area contributed by atoms with Gasteiger partial charge in [-0.15, -0.1) is 0 Å². The van der Waals surface area contributed by atoms with Gasteiger partial charge in [0.25, 0.3) is 0 Å². The minimum atomic E-state index is -4.66. The highest BCUT2D eigenvalue weighted by atomic mass is 19.4. The van der Waals surface area contributed by atoms with E-state index >= 15 is 0 Å². The molecule has 0 radical (unpaired) electrons. The van der Waals surface area contributed by atoms with Crippen molar-refractivity contribution in [2.45, 2.75) is 18.6 Å². The molecule has 0 aromatic carbocycles. The molecular weight excluding hydrogens is 273 g/mol. The third kappa shape index (κ3) is 7.47. The Bertz CT molecular complexity index is 311. The second-order valence-electron chi connectivity index (χ2n) is 3.61. The molecule has 7 nitrogen and oxygen atoms in total. The van der Waals surface area contributed by atoms with Crippen LogP contribution in [0, 0.1) is 0 Å². The second-order valence-corrected chi connectivity index (χ2v) is 3.61. The van der Waals surface area contributed by atoms with Crippen LogP contribution in [0.25, 0.3) is 0 Å². The van der Waals surface area contributed by atoms with Crippen LogP contribution in [-0.4, -0.2) is 70.7 Å². The molecule has 0 rings (SSSR count). The Kier molecular flexibility index (Phi) is 7.16. The van der Waals surface area contributed by atoms with Gasteiger partial charge in [-0.2, -0.15) is 13.2 Å². The lowest BCUT2D eigenvalue weighted by atomic mass is 10.2. The predicted molar refractivity (Wildman–Crippen MR) is 56.4 cm³/mol. The van der Waals surface area contributed by atoms with Gasteiger partial charge in [0.2, 0.25) is 0 Å². The molecule has 0 aliphatic rings. The topological polar surface area (TPSA) is 110 Å². The molecule has 2 amide bonds. The van der Waals surface area contributed by atoms with Crippen LogP contribution in [0.1, 0.15) is 6.42 Å². The van der Waals surface area contributed by atoms with Crippen molar-refractivity contribution in [2.24, 2.45) is 0 Å². The summed E-state index contributed by atoms with van der Waals surface area (Å²) in [5, 5.41) is 27.7. The average molecular weight is 288 g/mol. The van der Waals surface area contributed by atoms with E-state index in [0.717, 1.165) is 0 Å². The van der Waals surface area contributed by atoms with E-state index in [-0.39, 0.29) is 11.3 Å². The Hall–Kier alpha value is -1.55. The third-order valence-electron chi connectivity index (χ3n) is 2.04. The number of hydrogen-bond donors (Lipinski definition) is 4. The number of aliphatic carboxylic acids is 1. The Morgan fingerprint density at radius 1 is 1.21 bits per heavy atom. The SMILES string of the molecule is O=C(O)[C@H](CCO)NC(=O)N(CCO)CC(F)(F)F. The second kappa shape index (κ2) is 7.79. The first-order valence-corrected chi connectivity index (χ1v) is 5.28. The summed E-state index contributed by atoms with van der Waals surface area (Å²) in [7, 11) is 0. The highest BCUT2D eigenvalue weighted by molar-refractivity contribution is 5.82. The normalized spacial score (nSPS) is 12.9. The molecule has 0 aliphatic heterocycles. The number of aliphatic hydroxyl groups excluding tert-OH is 2. The van der Waals surface area contributed by atoms with Gasteiger partial charge in [-0.25, -0.2) is 9.59 Å². The highest BCUT2D eigenvalue weighted by Crippen LogP contribution is 2.16. The van der Waals surface area contributed by atoms with E-state index in [0.29, 0.717) is 0 Å². The number of nitrogens with one attached hydrogen (secondary N) is 1. The maximum absolute atomic E-state index is 12.2. The molecule has 0 heterocycles. The van der Waals surface area contributed by atoms with Crippen molar-refractivity contribution in [1.82, 2.24) is 10.2 Å². The fraction of sp³-hybridized carbons (Fsp3) is 0.778. The van der Waals surface area contributed by atoms with Gasteiger partial charge in [0.15, 0.2) is 0 Å². The molecule has 0 bridgehead atoms. The zero-order valence-corrected chi connectivity index (χ0v) is 9.85. The Morgan fingerprint density at radius 3 is 2.16 bits per heavy atom. The molecule has 112 valence electrons. The fourth-order valence-corrected chi connectivity index (χ4v) is 1.22. The lowest BCUT2D eigenvalue weighted by Gasteiger charge is -2.25. The molecule has 10 heteroatoms. The first kappa shape index (κ1) is 17.4. The van der Waals surface area contributed by atoms with E-state index in [1.807, 2.05) is 5.32 Å². The van der Waals surface area contributed by atoms with Crippen LogP contribution in [0.5, 0.6) is 0 Å². The maximum atomic E-state index is 12.2. The van der Waals surface area contributed by atoms with Gasteiger partial charge in [0.05, 0.1) is 6.61 Å². The van der Waals surface area contributed by atoms with E-state index in [4.69, 9.17) is 15.3 Å². The molecule has 0 spiro atoms. The van der Waals surface area contributed by atoms with Gasteiger partial charge in [-0.1, -0.05) is 0 Å². The van der Waals surface area contributed by atoms with Crippen molar-refractivity contribution < 1.29 is 38.1 Å². The summed E-state index contributed by atoms with van der Waals surface area (Å²) >= 11 is 0. The van der Waals surface area contributed by atoms with Crippen molar-refractivity contribution >= 4 is 12.0 Å². The number of aliphatic hydroxyl groups is 2. The van der Waals surface area contributed by atoms with Crippen molar-refractivity contribution in [2.75, 3.05) is 26.3 Å². The lowest BCUT2D eigenvalue weighted by molar-refractivity contribution is -0.141. The van der Waals surface area contributed by atoms with Crippen LogP contribution in [0.3, 0.4) is 0 Å². The first-order valence-electron chi connectivity index (χ1n) is 5.28. The predicted octanol–water partition coefficient (Wildman–Crippen LogP) is -0.612. The van der Waals surface area contributed by atoms with Crippen LogP contribution in [0.2, 0.25) is 0 Å². The van der Waals surface area contributed by atoms with E-state index in [1.54, 1.807) is 0 Å². The van der Waals surface area contributed by atoms with Crippen molar-refractivity contribution in [3.05, 3.63) is 0 Å². The van der Waals surface area contributed by atoms with Crippen molar-refractivity contribution in [1.29, 1.82) is 0 Å². The standard InChI is InChI=1S/C9H15F3N2O5/c10-9(11,12)5-14(2-4-16)8(19)13-6(1-3-15)7(17)18/h6,15-16H,1-5H2,(H,13,19)(H,17,18)/t6-/m0/s1. The summed E-state index contributed by atoms with van der Waals surface area (Å²) in [6, 6.07) is -2.76. The molecule has 0 aromatic heterocycles. The Balaban J connectivity index is 4.65. The van der Waals surface area contributed by atoms with E-state index < -0.39 is 50.5 Å².